The van der Waals surface area contributed by atoms with Crippen molar-refractivity contribution in [2.75, 3.05) is 12.9 Å². The van der Waals surface area contributed by atoms with Gasteiger partial charge in [0.15, 0.2) is 5.16 Å². The Morgan fingerprint density at radius 3 is 2.26 bits per heavy atom. The van der Waals surface area contributed by atoms with Crippen LogP contribution in [0.2, 0.25) is 0 Å². The van der Waals surface area contributed by atoms with E-state index in [1.54, 1.807) is 24.3 Å². The highest BCUT2D eigenvalue weighted by atomic mass is 32.2. The molecule has 0 spiro atoms. The molecule has 1 aromatic heterocycles. The predicted molar refractivity (Wildman–Crippen MR) is 105 cm³/mol. The highest BCUT2D eigenvalue weighted by Gasteiger charge is 2.12. The standard InChI is InChI=1S/C19H24N4O3S/c1-5-26-15-8-6-14(7-9-15)18(25)23-22-17(24)11-10-16-12(2)20-19(27-4)21-13(16)3/h6-9H,5,10-11H2,1-4H3,(H,22,24)(H,23,25). The molecule has 0 atom stereocenters. The normalized spacial score (nSPS) is 10.4. The fourth-order valence-electron chi connectivity index (χ4n) is 2.53. The SMILES string of the molecule is CCOc1ccc(C(=O)NNC(=O)CCc2c(C)nc(SC)nc2C)cc1. The van der Waals surface area contributed by atoms with E-state index >= 15 is 0 Å². The third kappa shape index (κ3) is 5.96. The van der Waals surface area contributed by atoms with E-state index in [2.05, 4.69) is 20.8 Å². The van der Waals surface area contributed by atoms with Crippen LogP contribution in [0.25, 0.3) is 0 Å². The molecule has 8 heteroatoms. The molecular weight excluding hydrogens is 364 g/mol. The van der Waals surface area contributed by atoms with Gasteiger partial charge < -0.3 is 4.74 Å². The van der Waals surface area contributed by atoms with E-state index in [4.69, 9.17) is 4.74 Å². The van der Waals surface area contributed by atoms with Gasteiger partial charge in [0.05, 0.1) is 6.61 Å². The molecule has 0 aliphatic heterocycles. The van der Waals surface area contributed by atoms with Crippen molar-refractivity contribution in [3.63, 3.8) is 0 Å². The summed E-state index contributed by atoms with van der Waals surface area (Å²) in [5.41, 5.74) is 8.00. The number of ether oxygens (including phenoxy) is 1. The van der Waals surface area contributed by atoms with Gasteiger partial charge in [-0.3, -0.25) is 20.4 Å². The molecular formula is C19H24N4O3S. The summed E-state index contributed by atoms with van der Waals surface area (Å²) in [5, 5.41) is 0.723. The number of thioether (sulfide) groups is 1. The van der Waals surface area contributed by atoms with Gasteiger partial charge in [-0.15, -0.1) is 0 Å². The molecule has 0 aliphatic carbocycles. The van der Waals surface area contributed by atoms with Crippen LogP contribution < -0.4 is 15.6 Å². The summed E-state index contributed by atoms with van der Waals surface area (Å²) in [4.78, 5) is 32.9. The van der Waals surface area contributed by atoms with Crippen LogP contribution in [-0.2, 0) is 11.2 Å². The molecule has 0 bridgehead atoms. The van der Waals surface area contributed by atoms with Gasteiger partial charge in [-0.25, -0.2) is 9.97 Å². The minimum atomic E-state index is -0.383. The lowest BCUT2D eigenvalue weighted by Gasteiger charge is -2.11. The van der Waals surface area contributed by atoms with Gasteiger partial charge in [-0.05, 0) is 63.3 Å². The Balaban J connectivity index is 1.85. The van der Waals surface area contributed by atoms with Gasteiger partial charge in [-0.1, -0.05) is 11.8 Å². The van der Waals surface area contributed by atoms with Gasteiger partial charge >= 0.3 is 0 Å². The predicted octanol–water partition coefficient (Wildman–Crippen LogP) is 2.61. The summed E-state index contributed by atoms with van der Waals surface area (Å²) >= 11 is 1.49. The first-order chi connectivity index (χ1) is 12.9. The van der Waals surface area contributed by atoms with Gasteiger partial charge in [0.1, 0.15) is 5.75 Å². The van der Waals surface area contributed by atoms with Crippen LogP contribution in [0.3, 0.4) is 0 Å². The molecule has 2 rings (SSSR count). The lowest BCUT2D eigenvalue weighted by molar-refractivity contribution is -0.121. The number of nitrogens with zero attached hydrogens (tertiary/aromatic N) is 2. The quantitative estimate of drug-likeness (QED) is 0.430. The Bertz CT molecular complexity index is 786. The molecule has 0 radical (unpaired) electrons. The highest BCUT2D eigenvalue weighted by molar-refractivity contribution is 7.98. The maximum absolute atomic E-state index is 12.1. The zero-order valence-electron chi connectivity index (χ0n) is 16.0. The highest BCUT2D eigenvalue weighted by Crippen LogP contribution is 2.17. The molecule has 0 fully saturated rings. The number of hydrogen-bond acceptors (Lipinski definition) is 6. The fraction of sp³-hybridized carbons (Fsp3) is 0.368. The summed E-state index contributed by atoms with van der Waals surface area (Å²) in [7, 11) is 0. The van der Waals surface area contributed by atoms with E-state index in [0.29, 0.717) is 24.3 Å². The summed E-state index contributed by atoms with van der Waals surface area (Å²) in [5.74, 6) is 0.0342. The van der Waals surface area contributed by atoms with Gasteiger partial charge in [-0.2, -0.15) is 0 Å². The van der Waals surface area contributed by atoms with Crippen LogP contribution in [0.15, 0.2) is 29.4 Å². The van der Waals surface area contributed by atoms with Crippen molar-refractivity contribution in [3.8, 4) is 5.75 Å². The molecule has 0 unspecified atom stereocenters. The van der Waals surface area contributed by atoms with E-state index < -0.39 is 0 Å². The van der Waals surface area contributed by atoms with Crippen molar-refractivity contribution >= 4 is 23.6 Å². The molecule has 0 aliphatic rings. The molecule has 144 valence electrons. The van der Waals surface area contributed by atoms with Crippen molar-refractivity contribution in [2.24, 2.45) is 0 Å². The number of aryl methyl sites for hydroxylation is 2. The summed E-state index contributed by atoms with van der Waals surface area (Å²) in [6.45, 7) is 6.28. The molecule has 27 heavy (non-hydrogen) atoms. The van der Waals surface area contributed by atoms with Crippen LogP contribution in [0.1, 0.15) is 40.7 Å². The van der Waals surface area contributed by atoms with Crippen LogP contribution in [0.5, 0.6) is 5.75 Å². The van der Waals surface area contributed by atoms with Crippen LogP contribution >= 0.6 is 11.8 Å². The first kappa shape index (κ1) is 20.7. The third-order valence-corrected chi connectivity index (χ3v) is 4.48. The van der Waals surface area contributed by atoms with Crippen LogP contribution in [0, 0.1) is 13.8 Å². The number of benzene rings is 1. The number of carbonyl (C=O) groups is 2. The Hall–Kier alpha value is -2.61. The number of hydrazine groups is 1. The van der Waals surface area contributed by atoms with E-state index in [9.17, 15) is 9.59 Å². The largest absolute Gasteiger partial charge is 0.494 e. The average molecular weight is 388 g/mol. The topological polar surface area (TPSA) is 93.2 Å². The van der Waals surface area contributed by atoms with E-state index in [1.165, 1.54) is 11.8 Å². The van der Waals surface area contributed by atoms with E-state index in [1.807, 2.05) is 27.0 Å². The lowest BCUT2D eigenvalue weighted by Crippen LogP contribution is -2.41. The molecule has 2 N–H and O–H groups in total. The minimum Gasteiger partial charge on any atom is -0.494 e. The molecule has 1 heterocycles. The number of aromatic nitrogens is 2. The molecule has 2 amide bonds. The first-order valence-corrected chi connectivity index (χ1v) is 9.87. The van der Waals surface area contributed by atoms with Crippen molar-refractivity contribution in [2.45, 2.75) is 38.8 Å². The Morgan fingerprint density at radius 1 is 1.07 bits per heavy atom. The molecule has 7 nitrogen and oxygen atoms in total. The Labute approximate surface area is 163 Å². The average Bonchev–Trinajstić information content (AvgIpc) is 2.66. The smallest absolute Gasteiger partial charge is 0.269 e. The van der Waals surface area contributed by atoms with E-state index in [-0.39, 0.29) is 18.2 Å². The monoisotopic (exact) mass is 388 g/mol. The lowest BCUT2D eigenvalue weighted by atomic mass is 10.1. The van der Waals surface area contributed by atoms with Crippen LogP contribution in [-0.4, -0.2) is 34.6 Å². The Kier molecular flexibility index (Phi) is 7.60. The number of rotatable bonds is 7. The maximum atomic E-state index is 12.1. The summed E-state index contributed by atoms with van der Waals surface area (Å²) < 4.78 is 5.33. The fourth-order valence-corrected chi connectivity index (χ4v) is 2.99. The zero-order chi connectivity index (χ0) is 19.8. The first-order valence-electron chi connectivity index (χ1n) is 8.64. The van der Waals surface area contributed by atoms with Gasteiger partial charge in [0.25, 0.3) is 5.91 Å². The van der Waals surface area contributed by atoms with Gasteiger partial charge in [0, 0.05) is 23.4 Å². The molecule has 0 saturated carbocycles. The number of hydrogen-bond donors (Lipinski definition) is 2. The maximum Gasteiger partial charge on any atom is 0.269 e. The van der Waals surface area contributed by atoms with Gasteiger partial charge in [0.2, 0.25) is 5.91 Å². The molecule has 1 aromatic carbocycles. The third-order valence-electron chi connectivity index (χ3n) is 3.93. The number of nitrogens with one attached hydrogen (secondary N) is 2. The van der Waals surface area contributed by atoms with E-state index in [0.717, 1.165) is 22.1 Å². The van der Waals surface area contributed by atoms with Crippen molar-refractivity contribution in [1.29, 1.82) is 0 Å². The molecule has 0 saturated heterocycles. The summed E-state index contributed by atoms with van der Waals surface area (Å²) in [6.07, 6.45) is 2.67. The zero-order valence-corrected chi connectivity index (χ0v) is 16.8. The number of carbonyl (C=O) groups excluding carboxylic acids is 2. The second kappa shape index (κ2) is 9.91. The van der Waals surface area contributed by atoms with Crippen molar-refractivity contribution < 1.29 is 14.3 Å². The minimum absolute atomic E-state index is 0.229. The second-order valence-corrected chi connectivity index (χ2v) is 6.59. The summed E-state index contributed by atoms with van der Waals surface area (Å²) in [6, 6.07) is 6.71. The second-order valence-electron chi connectivity index (χ2n) is 5.82. The van der Waals surface area contributed by atoms with Crippen molar-refractivity contribution in [1.82, 2.24) is 20.8 Å². The molecule has 2 aromatic rings. The number of amides is 2. The van der Waals surface area contributed by atoms with Crippen LogP contribution in [0.4, 0.5) is 0 Å². The van der Waals surface area contributed by atoms with Crippen molar-refractivity contribution in [3.05, 3.63) is 46.8 Å². The Morgan fingerprint density at radius 2 is 1.70 bits per heavy atom.